The molecule has 0 unspecified atom stereocenters. The zero-order valence-corrected chi connectivity index (χ0v) is 13.0. The van der Waals surface area contributed by atoms with E-state index in [-0.39, 0.29) is 18.3 Å². The van der Waals surface area contributed by atoms with Crippen molar-refractivity contribution in [2.45, 2.75) is 0 Å². The fourth-order valence-electron chi connectivity index (χ4n) is 1.66. The molecule has 1 aromatic carbocycles. The second kappa shape index (κ2) is 7.71. The zero-order chi connectivity index (χ0) is 14.5. The van der Waals surface area contributed by atoms with Crippen LogP contribution in [0.5, 0.6) is 11.5 Å². The average molecular weight is 329 g/mol. The number of anilines is 1. The maximum Gasteiger partial charge on any atom is 0.255 e. The van der Waals surface area contributed by atoms with Gasteiger partial charge in [0, 0.05) is 30.1 Å². The lowest BCUT2D eigenvalue weighted by Crippen LogP contribution is -2.12. The van der Waals surface area contributed by atoms with Crippen molar-refractivity contribution in [3.05, 3.63) is 47.2 Å². The number of benzene rings is 1. The van der Waals surface area contributed by atoms with Gasteiger partial charge in [-0.05, 0) is 12.1 Å². The van der Waals surface area contributed by atoms with Crippen molar-refractivity contribution < 1.29 is 14.3 Å². The highest BCUT2D eigenvalue weighted by Crippen LogP contribution is 2.35. The molecule has 0 saturated carbocycles. The third-order valence-corrected chi connectivity index (χ3v) is 2.96. The summed E-state index contributed by atoms with van der Waals surface area (Å²) in [6, 6.07) is 6.44. The van der Waals surface area contributed by atoms with Crippen LogP contribution in [0.2, 0.25) is 5.02 Å². The van der Waals surface area contributed by atoms with Crippen molar-refractivity contribution in [3.63, 3.8) is 0 Å². The number of nitrogens with one attached hydrogen (secondary N) is 1. The Bertz CT molecular complexity index is 621. The lowest BCUT2D eigenvalue weighted by atomic mass is 10.2. The van der Waals surface area contributed by atoms with Gasteiger partial charge in [-0.15, -0.1) is 12.4 Å². The third-order valence-electron chi connectivity index (χ3n) is 2.66. The normalized spacial score (nSPS) is 9.48. The molecule has 7 heteroatoms. The van der Waals surface area contributed by atoms with Gasteiger partial charge < -0.3 is 14.8 Å². The first-order chi connectivity index (χ1) is 9.65. The molecular formula is C14H14Cl2N2O3. The van der Waals surface area contributed by atoms with E-state index in [1.54, 1.807) is 36.7 Å². The summed E-state index contributed by atoms with van der Waals surface area (Å²) >= 11 is 6.01. The Hall–Kier alpha value is -1.98. The number of carbonyl (C=O) groups excluding carboxylic acids is 1. The molecule has 112 valence electrons. The van der Waals surface area contributed by atoms with Crippen LogP contribution in [0.4, 0.5) is 5.69 Å². The number of hydrogen-bond acceptors (Lipinski definition) is 4. The molecule has 0 aliphatic carbocycles. The summed E-state index contributed by atoms with van der Waals surface area (Å²) in [4.78, 5) is 16.0. The van der Waals surface area contributed by atoms with Crippen molar-refractivity contribution in [2.24, 2.45) is 0 Å². The first kappa shape index (κ1) is 17.1. The van der Waals surface area contributed by atoms with Crippen LogP contribution in [-0.2, 0) is 0 Å². The summed E-state index contributed by atoms with van der Waals surface area (Å²) in [6.45, 7) is 0. The lowest BCUT2D eigenvalue weighted by Gasteiger charge is -2.13. The van der Waals surface area contributed by atoms with Gasteiger partial charge in [0.1, 0.15) is 11.5 Å². The van der Waals surface area contributed by atoms with Gasteiger partial charge in [-0.25, -0.2) is 0 Å². The Balaban J connectivity index is 0.00000220. The highest BCUT2D eigenvalue weighted by atomic mass is 35.5. The molecule has 0 atom stereocenters. The van der Waals surface area contributed by atoms with E-state index in [0.29, 0.717) is 27.8 Å². The molecule has 0 saturated heterocycles. The maximum atomic E-state index is 12.1. The number of halogens is 2. The maximum absolute atomic E-state index is 12.1. The number of methoxy groups -OCH3 is 2. The zero-order valence-electron chi connectivity index (χ0n) is 11.4. The van der Waals surface area contributed by atoms with Crippen LogP contribution in [0.15, 0.2) is 36.7 Å². The molecule has 0 aliphatic rings. The van der Waals surface area contributed by atoms with Gasteiger partial charge in [-0.1, -0.05) is 11.6 Å². The van der Waals surface area contributed by atoms with E-state index in [1.807, 2.05) is 0 Å². The van der Waals surface area contributed by atoms with Crippen LogP contribution >= 0.6 is 24.0 Å². The quantitative estimate of drug-likeness (QED) is 0.934. The molecule has 1 heterocycles. The van der Waals surface area contributed by atoms with Crippen molar-refractivity contribution in [1.29, 1.82) is 0 Å². The number of hydrogen-bond donors (Lipinski definition) is 1. The van der Waals surface area contributed by atoms with Gasteiger partial charge in [-0.3, -0.25) is 9.78 Å². The predicted molar refractivity (Wildman–Crippen MR) is 84.0 cm³/mol. The summed E-state index contributed by atoms with van der Waals surface area (Å²) in [5, 5.41) is 3.16. The first-order valence-corrected chi connectivity index (χ1v) is 6.16. The first-order valence-electron chi connectivity index (χ1n) is 5.78. The van der Waals surface area contributed by atoms with Gasteiger partial charge in [0.15, 0.2) is 0 Å². The molecular weight excluding hydrogens is 315 g/mol. The summed E-state index contributed by atoms with van der Waals surface area (Å²) in [5.41, 5.74) is 0.978. The van der Waals surface area contributed by atoms with Crippen molar-refractivity contribution in [1.82, 2.24) is 4.98 Å². The monoisotopic (exact) mass is 328 g/mol. The number of ether oxygens (including phenoxy) is 2. The molecule has 21 heavy (non-hydrogen) atoms. The van der Waals surface area contributed by atoms with Crippen LogP contribution in [0.1, 0.15) is 10.4 Å². The minimum Gasteiger partial charge on any atom is -0.495 e. The Labute approximate surface area is 133 Å². The summed E-state index contributed by atoms with van der Waals surface area (Å²) < 4.78 is 10.3. The van der Waals surface area contributed by atoms with E-state index >= 15 is 0 Å². The van der Waals surface area contributed by atoms with Crippen LogP contribution in [0.25, 0.3) is 0 Å². The van der Waals surface area contributed by atoms with E-state index in [9.17, 15) is 4.79 Å². The van der Waals surface area contributed by atoms with Gasteiger partial charge >= 0.3 is 0 Å². The highest BCUT2D eigenvalue weighted by molar-refractivity contribution is 6.32. The number of nitrogens with zero attached hydrogens (tertiary/aromatic N) is 1. The topological polar surface area (TPSA) is 60.5 Å². The third kappa shape index (κ3) is 4.00. The minimum absolute atomic E-state index is 0. The predicted octanol–water partition coefficient (Wildman–Crippen LogP) is 3.43. The van der Waals surface area contributed by atoms with Crippen LogP contribution in [0.3, 0.4) is 0 Å². The fraction of sp³-hybridized carbons (Fsp3) is 0.143. The van der Waals surface area contributed by atoms with Crippen LogP contribution in [-0.4, -0.2) is 25.1 Å². The molecule has 1 aromatic heterocycles. The van der Waals surface area contributed by atoms with Crippen LogP contribution < -0.4 is 14.8 Å². The molecule has 2 aromatic rings. The Morgan fingerprint density at radius 3 is 2.33 bits per heavy atom. The second-order valence-corrected chi connectivity index (χ2v) is 4.28. The molecule has 0 spiro atoms. The molecule has 1 N–H and O–H groups in total. The number of rotatable bonds is 4. The summed E-state index contributed by atoms with van der Waals surface area (Å²) in [7, 11) is 3.00. The molecule has 0 aliphatic heterocycles. The van der Waals surface area contributed by atoms with Crippen LogP contribution in [0, 0.1) is 0 Å². The van der Waals surface area contributed by atoms with E-state index in [0.717, 1.165) is 0 Å². The molecule has 1 amide bonds. The van der Waals surface area contributed by atoms with Crippen molar-refractivity contribution in [2.75, 3.05) is 19.5 Å². The van der Waals surface area contributed by atoms with E-state index < -0.39 is 0 Å². The van der Waals surface area contributed by atoms with E-state index in [2.05, 4.69) is 10.3 Å². The largest absolute Gasteiger partial charge is 0.495 e. The Morgan fingerprint density at radius 2 is 1.76 bits per heavy atom. The Morgan fingerprint density at radius 1 is 1.14 bits per heavy atom. The number of aromatic nitrogens is 1. The Kier molecular flexibility index (Phi) is 6.27. The second-order valence-electron chi connectivity index (χ2n) is 3.88. The van der Waals surface area contributed by atoms with Crippen molar-refractivity contribution >= 4 is 35.6 Å². The van der Waals surface area contributed by atoms with Gasteiger partial charge in [0.25, 0.3) is 5.91 Å². The van der Waals surface area contributed by atoms with Gasteiger partial charge in [-0.2, -0.15) is 0 Å². The van der Waals surface area contributed by atoms with Gasteiger partial charge in [0.2, 0.25) is 0 Å². The molecule has 0 fully saturated rings. The smallest absolute Gasteiger partial charge is 0.255 e. The number of carbonyl (C=O) groups is 1. The molecule has 5 nitrogen and oxygen atoms in total. The van der Waals surface area contributed by atoms with Gasteiger partial charge in [0.05, 0.1) is 24.9 Å². The minimum atomic E-state index is -0.268. The summed E-state index contributed by atoms with van der Waals surface area (Å²) in [5.74, 6) is 0.644. The fourth-order valence-corrected chi connectivity index (χ4v) is 1.89. The molecule has 0 bridgehead atoms. The average Bonchev–Trinajstić information content (AvgIpc) is 2.49. The number of pyridine rings is 1. The summed E-state index contributed by atoms with van der Waals surface area (Å²) in [6.07, 6.45) is 3.10. The van der Waals surface area contributed by atoms with Crippen molar-refractivity contribution in [3.8, 4) is 11.5 Å². The standard InChI is InChI=1S/C14H13ClN2O3.ClH/c1-19-12-8-11(13(20-2)7-10(12)15)17-14(18)9-3-5-16-6-4-9;/h3-8H,1-2H3,(H,17,18);1H. The van der Waals surface area contributed by atoms with E-state index in [4.69, 9.17) is 21.1 Å². The molecule has 0 radical (unpaired) electrons. The SMILES string of the molecule is COc1cc(NC(=O)c2ccncc2)c(OC)cc1Cl.Cl. The number of amides is 1. The lowest BCUT2D eigenvalue weighted by molar-refractivity contribution is 0.102. The molecule has 2 rings (SSSR count). The highest BCUT2D eigenvalue weighted by Gasteiger charge is 2.13. The van der Waals surface area contributed by atoms with E-state index in [1.165, 1.54) is 14.2 Å².